The van der Waals surface area contributed by atoms with E-state index < -0.39 is 0 Å². The van der Waals surface area contributed by atoms with Gasteiger partial charge in [0, 0.05) is 18.9 Å². The van der Waals surface area contributed by atoms with Crippen LogP contribution in [0.5, 0.6) is 5.75 Å². The number of hydrogen-bond donors (Lipinski definition) is 1. The molecule has 1 saturated heterocycles. The van der Waals surface area contributed by atoms with E-state index in [1.807, 2.05) is 21.8 Å². The van der Waals surface area contributed by atoms with Crippen LogP contribution in [0.25, 0.3) is 0 Å². The quantitative estimate of drug-likeness (QED) is 0.928. The number of para-hydroxylation sites is 1. The lowest BCUT2D eigenvalue weighted by Gasteiger charge is -2.27. The summed E-state index contributed by atoms with van der Waals surface area (Å²) in [5.74, 6) is 0.203. The maximum atomic E-state index is 13.0. The van der Waals surface area contributed by atoms with Gasteiger partial charge >= 0.3 is 0 Å². The lowest BCUT2D eigenvalue weighted by Crippen LogP contribution is -2.39. The number of aromatic nitrogens is 2. The van der Waals surface area contributed by atoms with Crippen molar-refractivity contribution >= 4 is 17.5 Å². The molecule has 1 aromatic carbocycles. The van der Waals surface area contributed by atoms with Crippen molar-refractivity contribution in [1.29, 1.82) is 0 Å². The van der Waals surface area contributed by atoms with E-state index in [-0.39, 0.29) is 24.5 Å². The predicted molar refractivity (Wildman–Crippen MR) is 86.9 cm³/mol. The van der Waals surface area contributed by atoms with Gasteiger partial charge in [0.05, 0.1) is 23.8 Å². The first-order valence-corrected chi connectivity index (χ1v) is 8.06. The molecule has 0 radical (unpaired) electrons. The molecule has 1 aromatic heterocycles. The van der Waals surface area contributed by atoms with Gasteiger partial charge in [-0.3, -0.25) is 14.3 Å². The van der Waals surface area contributed by atoms with Gasteiger partial charge in [-0.2, -0.15) is 5.10 Å². The van der Waals surface area contributed by atoms with Crippen LogP contribution in [0.3, 0.4) is 0 Å². The van der Waals surface area contributed by atoms with Crippen LogP contribution in [0.15, 0.2) is 36.7 Å². The topological polar surface area (TPSA) is 76.5 Å². The minimum Gasteiger partial charge on any atom is -0.481 e. The lowest BCUT2D eigenvalue weighted by molar-refractivity contribution is -0.118. The van der Waals surface area contributed by atoms with Gasteiger partial charge in [-0.15, -0.1) is 0 Å². The second-order valence-corrected chi connectivity index (χ2v) is 6.04. The van der Waals surface area contributed by atoms with Crippen molar-refractivity contribution in [1.82, 2.24) is 14.7 Å². The fourth-order valence-electron chi connectivity index (χ4n) is 3.36. The Balaban J connectivity index is 1.59. The molecular weight excluding hydrogens is 308 g/mol. The van der Waals surface area contributed by atoms with Crippen molar-refractivity contribution in [2.45, 2.75) is 25.4 Å². The first kappa shape index (κ1) is 14.7. The van der Waals surface area contributed by atoms with E-state index >= 15 is 0 Å². The number of rotatable bonds is 3. The highest BCUT2D eigenvalue weighted by atomic mass is 16.5. The van der Waals surface area contributed by atoms with Gasteiger partial charge in [-0.05, 0) is 31.0 Å². The highest BCUT2D eigenvalue weighted by Crippen LogP contribution is 2.33. The van der Waals surface area contributed by atoms with Gasteiger partial charge in [0.15, 0.2) is 12.4 Å². The molecule has 0 spiro atoms. The molecule has 0 aliphatic carbocycles. The summed E-state index contributed by atoms with van der Waals surface area (Å²) >= 11 is 0. The maximum absolute atomic E-state index is 13.0. The van der Waals surface area contributed by atoms with Crippen LogP contribution in [0.4, 0.5) is 5.69 Å². The number of nitrogens with one attached hydrogen (secondary N) is 1. The van der Waals surface area contributed by atoms with E-state index in [4.69, 9.17) is 4.74 Å². The van der Waals surface area contributed by atoms with Gasteiger partial charge in [-0.25, -0.2) is 0 Å². The van der Waals surface area contributed by atoms with E-state index in [0.29, 0.717) is 23.5 Å². The number of hydrogen-bond acceptors (Lipinski definition) is 4. The van der Waals surface area contributed by atoms with Crippen molar-refractivity contribution < 1.29 is 14.3 Å². The molecule has 1 N–H and O–H groups in total. The largest absolute Gasteiger partial charge is 0.481 e. The molecule has 124 valence electrons. The Bertz CT molecular complexity index is 772. The molecule has 7 heteroatoms. The van der Waals surface area contributed by atoms with E-state index in [1.165, 1.54) is 0 Å². The number of amides is 2. The number of carbonyl (C=O) groups is 2. The fraction of sp³-hybridized carbons (Fsp3) is 0.353. The molecule has 0 bridgehead atoms. The highest BCUT2D eigenvalue weighted by molar-refractivity contribution is 6.03. The number of benzene rings is 1. The number of fused-ring (bicyclic) bond motifs is 1. The average molecular weight is 326 g/mol. The van der Waals surface area contributed by atoms with Crippen molar-refractivity contribution in [2.24, 2.45) is 0 Å². The number of nitrogens with zero attached hydrogens (tertiary/aromatic N) is 3. The standard InChI is InChI=1S/C17H18N4O3/c22-15-11-24-16-13(5-1-6-14(16)19-15)17(23)21-9-2-4-12(21)10-20-8-3-7-18-20/h1,3,5-8,12H,2,4,9-11H2,(H,19,22)/t12-/m1/s1. The number of ether oxygens (including phenoxy) is 1. The van der Waals surface area contributed by atoms with E-state index in [1.54, 1.807) is 24.4 Å². The zero-order valence-corrected chi connectivity index (χ0v) is 13.1. The normalized spacial score (nSPS) is 19.6. The lowest BCUT2D eigenvalue weighted by atomic mass is 10.1. The Morgan fingerprint density at radius 1 is 1.38 bits per heavy atom. The van der Waals surface area contributed by atoms with Gasteiger partial charge in [-0.1, -0.05) is 6.07 Å². The maximum Gasteiger partial charge on any atom is 0.262 e. The van der Waals surface area contributed by atoms with Crippen LogP contribution in [-0.4, -0.2) is 45.7 Å². The summed E-state index contributed by atoms with van der Waals surface area (Å²) in [5.41, 5.74) is 1.06. The molecule has 0 unspecified atom stereocenters. The molecule has 4 rings (SSSR count). The number of anilines is 1. The molecule has 2 aromatic rings. The third-order valence-electron chi connectivity index (χ3n) is 4.46. The molecule has 2 amide bonds. The summed E-state index contributed by atoms with van der Waals surface area (Å²) in [5, 5.41) is 6.98. The predicted octanol–water partition coefficient (Wildman–Crippen LogP) is 1.52. The molecule has 2 aliphatic rings. The van der Waals surface area contributed by atoms with Gasteiger partial charge < -0.3 is 15.0 Å². The Morgan fingerprint density at radius 2 is 2.29 bits per heavy atom. The Morgan fingerprint density at radius 3 is 3.12 bits per heavy atom. The highest BCUT2D eigenvalue weighted by Gasteiger charge is 2.32. The SMILES string of the molecule is O=C1COc2c(cccc2C(=O)N2CCC[C@@H]2Cn2cccn2)N1. The molecule has 7 nitrogen and oxygen atoms in total. The van der Waals surface area contributed by atoms with Gasteiger partial charge in [0.2, 0.25) is 0 Å². The summed E-state index contributed by atoms with van der Waals surface area (Å²) in [6.45, 7) is 1.35. The second-order valence-electron chi connectivity index (χ2n) is 6.04. The van der Waals surface area contributed by atoms with E-state index in [0.717, 1.165) is 19.4 Å². The molecule has 2 aliphatic heterocycles. The van der Waals surface area contributed by atoms with Crippen LogP contribution >= 0.6 is 0 Å². The molecule has 24 heavy (non-hydrogen) atoms. The minimum atomic E-state index is -0.204. The summed E-state index contributed by atoms with van der Waals surface area (Å²) < 4.78 is 7.37. The number of carbonyl (C=O) groups excluding carboxylic acids is 2. The van der Waals surface area contributed by atoms with Crippen molar-refractivity contribution in [2.75, 3.05) is 18.5 Å². The first-order chi connectivity index (χ1) is 11.7. The Hall–Kier alpha value is -2.83. The molecule has 3 heterocycles. The first-order valence-electron chi connectivity index (χ1n) is 8.06. The van der Waals surface area contributed by atoms with E-state index in [9.17, 15) is 9.59 Å². The number of likely N-dealkylation sites (tertiary alicyclic amines) is 1. The average Bonchev–Trinajstić information content (AvgIpc) is 3.25. The Kier molecular flexibility index (Phi) is 3.68. The molecule has 1 atom stereocenters. The minimum absolute atomic E-state index is 0.0577. The fourth-order valence-corrected chi connectivity index (χ4v) is 3.36. The third kappa shape index (κ3) is 2.62. The molecular formula is C17H18N4O3. The van der Waals surface area contributed by atoms with Crippen LogP contribution < -0.4 is 10.1 Å². The molecule has 1 fully saturated rings. The van der Waals surface area contributed by atoms with E-state index in [2.05, 4.69) is 10.4 Å². The van der Waals surface area contributed by atoms with Crippen LogP contribution in [0, 0.1) is 0 Å². The zero-order valence-electron chi connectivity index (χ0n) is 13.1. The van der Waals surface area contributed by atoms with Crippen LogP contribution in [0.2, 0.25) is 0 Å². The van der Waals surface area contributed by atoms with Crippen LogP contribution in [0.1, 0.15) is 23.2 Å². The summed E-state index contributed by atoms with van der Waals surface area (Å²) in [6, 6.07) is 7.26. The molecule has 0 saturated carbocycles. The second kappa shape index (κ2) is 5.99. The Labute approximate surface area is 139 Å². The third-order valence-corrected chi connectivity index (χ3v) is 4.46. The zero-order chi connectivity index (χ0) is 16.5. The van der Waals surface area contributed by atoms with Gasteiger partial charge in [0.1, 0.15) is 0 Å². The van der Waals surface area contributed by atoms with Crippen molar-refractivity contribution in [3.63, 3.8) is 0 Å². The van der Waals surface area contributed by atoms with Gasteiger partial charge in [0.25, 0.3) is 11.8 Å². The summed E-state index contributed by atoms with van der Waals surface area (Å²) in [6.07, 6.45) is 5.58. The summed E-state index contributed by atoms with van der Waals surface area (Å²) in [4.78, 5) is 26.4. The smallest absolute Gasteiger partial charge is 0.262 e. The monoisotopic (exact) mass is 326 g/mol. The van der Waals surface area contributed by atoms with Crippen molar-refractivity contribution in [3.05, 3.63) is 42.2 Å². The van der Waals surface area contributed by atoms with Crippen LogP contribution in [-0.2, 0) is 11.3 Å². The van der Waals surface area contributed by atoms with Crippen molar-refractivity contribution in [3.8, 4) is 5.75 Å². The summed E-state index contributed by atoms with van der Waals surface area (Å²) in [7, 11) is 0.